The van der Waals surface area contributed by atoms with Crippen molar-refractivity contribution in [2.75, 3.05) is 7.11 Å². The fourth-order valence-electron chi connectivity index (χ4n) is 0.960. The van der Waals surface area contributed by atoms with Crippen LogP contribution in [0.3, 0.4) is 0 Å². The van der Waals surface area contributed by atoms with Gasteiger partial charge in [0, 0.05) is 6.20 Å². The number of halogens is 3. The summed E-state index contributed by atoms with van der Waals surface area (Å²) in [5.74, 6) is -0.135. The lowest BCUT2D eigenvalue weighted by molar-refractivity contribution is 0.146. The molecule has 0 radical (unpaired) electrons. The highest BCUT2D eigenvalue weighted by molar-refractivity contribution is 9.10. The number of aromatic nitrogens is 1. The molecule has 0 amide bonds. The number of methoxy groups -OCH3 is 1. The summed E-state index contributed by atoms with van der Waals surface area (Å²) in [6, 6.07) is 1.74. The molecule has 1 heterocycles. The Hall–Kier alpha value is -1.22. The zero-order valence-corrected chi connectivity index (χ0v) is 8.68. The van der Waals surface area contributed by atoms with Crippen molar-refractivity contribution in [1.29, 1.82) is 5.26 Å². The zero-order valence-electron chi connectivity index (χ0n) is 7.09. The molecule has 0 aliphatic heterocycles. The van der Waals surface area contributed by atoms with Crippen molar-refractivity contribution in [3.05, 3.63) is 21.9 Å². The van der Waals surface area contributed by atoms with E-state index >= 15 is 0 Å². The predicted octanol–water partition coefficient (Wildman–Crippen LogP) is 2.66. The third-order valence-electron chi connectivity index (χ3n) is 1.56. The summed E-state index contributed by atoms with van der Waals surface area (Å²) in [6.45, 7) is 0. The summed E-state index contributed by atoms with van der Waals surface area (Å²) in [5.41, 5.74) is -0.405. The van der Waals surface area contributed by atoms with E-state index in [1.807, 2.05) is 0 Å². The Bertz CT molecular complexity index is 390. The van der Waals surface area contributed by atoms with Gasteiger partial charge in [0.2, 0.25) is 0 Å². The van der Waals surface area contributed by atoms with Crippen molar-refractivity contribution in [2.24, 2.45) is 0 Å². The first-order valence-corrected chi connectivity index (χ1v) is 4.31. The average molecular weight is 263 g/mol. The molecule has 3 nitrogen and oxygen atoms in total. The van der Waals surface area contributed by atoms with Crippen molar-refractivity contribution in [2.45, 2.75) is 6.43 Å². The number of nitriles is 1. The Kier molecular flexibility index (Phi) is 3.36. The fraction of sp³-hybridized carbons (Fsp3) is 0.250. The minimum absolute atomic E-state index is 0.0229. The molecule has 0 saturated carbocycles. The minimum Gasteiger partial charge on any atom is -0.495 e. The van der Waals surface area contributed by atoms with Crippen LogP contribution in [0.2, 0.25) is 0 Å². The van der Waals surface area contributed by atoms with Crippen LogP contribution in [0.1, 0.15) is 17.6 Å². The first-order valence-electron chi connectivity index (χ1n) is 3.52. The van der Waals surface area contributed by atoms with Crippen LogP contribution in [0.25, 0.3) is 0 Å². The third-order valence-corrected chi connectivity index (χ3v) is 2.16. The summed E-state index contributed by atoms with van der Waals surface area (Å²) in [4.78, 5) is 3.61. The number of alkyl halides is 2. The average Bonchev–Trinajstić information content (AvgIpc) is 2.16. The Morgan fingerprint density at radius 3 is 2.71 bits per heavy atom. The Morgan fingerprint density at radius 1 is 1.64 bits per heavy atom. The molecule has 1 aromatic heterocycles. The Morgan fingerprint density at radius 2 is 2.29 bits per heavy atom. The van der Waals surface area contributed by atoms with Crippen molar-refractivity contribution >= 4 is 15.9 Å². The Balaban J connectivity index is 3.42. The van der Waals surface area contributed by atoms with Crippen LogP contribution < -0.4 is 4.74 Å². The van der Waals surface area contributed by atoms with E-state index in [4.69, 9.17) is 10.00 Å². The molecule has 0 spiro atoms. The van der Waals surface area contributed by atoms with Crippen molar-refractivity contribution in [3.8, 4) is 11.8 Å². The van der Waals surface area contributed by atoms with Crippen molar-refractivity contribution in [3.63, 3.8) is 0 Å². The molecule has 74 valence electrons. The van der Waals surface area contributed by atoms with Gasteiger partial charge in [-0.2, -0.15) is 5.26 Å². The van der Waals surface area contributed by atoms with Gasteiger partial charge in [-0.3, -0.25) is 0 Å². The van der Waals surface area contributed by atoms with E-state index in [0.717, 1.165) is 6.20 Å². The molecule has 0 fully saturated rings. The largest absolute Gasteiger partial charge is 0.495 e. The first-order chi connectivity index (χ1) is 6.61. The second kappa shape index (κ2) is 4.33. The van der Waals surface area contributed by atoms with Gasteiger partial charge < -0.3 is 4.74 Å². The van der Waals surface area contributed by atoms with Gasteiger partial charge in [-0.15, -0.1) is 0 Å². The topological polar surface area (TPSA) is 45.9 Å². The van der Waals surface area contributed by atoms with E-state index in [0.29, 0.717) is 0 Å². The quantitative estimate of drug-likeness (QED) is 0.770. The SMILES string of the molecule is COc1c(C(F)F)cnc(Br)c1C#N. The van der Waals surface area contributed by atoms with Crippen molar-refractivity contribution < 1.29 is 13.5 Å². The Labute approximate surface area is 87.5 Å². The molecule has 0 aromatic carbocycles. The normalized spacial score (nSPS) is 10.0. The molecule has 14 heavy (non-hydrogen) atoms. The maximum atomic E-state index is 12.4. The van der Waals surface area contributed by atoms with E-state index in [2.05, 4.69) is 20.9 Å². The standard InChI is InChI=1S/C8H5BrF2N2O/c1-14-6-4(2-12)7(9)13-3-5(6)8(10)11/h3,8H,1H3. The van der Waals surface area contributed by atoms with Gasteiger partial charge in [-0.1, -0.05) is 0 Å². The predicted molar refractivity (Wildman–Crippen MR) is 48.2 cm³/mol. The number of rotatable bonds is 2. The van der Waals surface area contributed by atoms with Gasteiger partial charge >= 0.3 is 0 Å². The highest BCUT2D eigenvalue weighted by atomic mass is 79.9. The van der Waals surface area contributed by atoms with E-state index in [9.17, 15) is 8.78 Å². The van der Waals surface area contributed by atoms with E-state index in [1.54, 1.807) is 6.07 Å². The number of pyridine rings is 1. The summed E-state index contributed by atoms with van der Waals surface area (Å²) < 4.78 is 29.8. The van der Waals surface area contributed by atoms with Gasteiger partial charge in [0.25, 0.3) is 6.43 Å². The van der Waals surface area contributed by atoms with E-state index in [1.165, 1.54) is 7.11 Å². The number of hydrogen-bond acceptors (Lipinski definition) is 3. The number of ether oxygens (including phenoxy) is 1. The minimum atomic E-state index is -2.71. The number of nitrogens with zero attached hydrogens (tertiary/aromatic N) is 2. The van der Waals surface area contributed by atoms with Crippen LogP contribution in [-0.4, -0.2) is 12.1 Å². The monoisotopic (exact) mass is 262 g/mol. The van der Waals surface area contributed by atoms with E-state index < -0.39 is 6.43 Å². The lowest BCUT2D eigenvalue weighted by atomic mass is 10.2. The summed E-state index contributed by atoms with van der Waals surface area (Å²) in [5, 5.41) is 8.69. The van der Waals surface area contributed by atoms with Crippen LogP contribution in [0.5, 0.6) is 5.75 Å². The first kappa shape index (κ1) is 10.9. The van der Waals surface area contributed by atoms with Crippen molar-refractivity contribution in [1.82, 2.24) is 4.98 Å². The maximum Gasteiger partial charge on any atom is 0.268 e. The van der Waals surface area contributed by atoms with Crippen LogP contribution in [0, 0.1) is 11.3 Å². The van der Waals surface area contributed by atoms with Gasteiger partial charge in [0.1, 0.15) is 22.0 Å². The van der Waals surface area contributed by atoms with E-state index in [-0.39, 0.29) is 21.5 Å². The van der Waals surface area contributed by atoms with Crippen LogP contribution in [0.15, 0.2) is 10.8 Å². The molecular formula is C8H5BrF2N2O. The highest BCUT2D eigenvalue weighted by Crippen LogP contribution is 2.33. The lowest BCUT2D eigenvalue weighted by Gasteiger charge is -2.09. The molecule has 0 N–H and O–H groups in total. The van der Waals surface area contributed by atoms with Gasteiger partial charge in [0.05, 0.1) is 12.7 Å². The summed E-state index contributed by atoms with van der Waals surface area (Å²) in [6.07, 6.45) is -1.73. The molecule has 6 heteroatoms. The molecule has 1 aromatic rings. The van der Waals surface area contributed by atoms with Gasteiger partial charge in [-0.25, -0.2) is 13.8 Å². The molecular weight excluding hydrogens is 258 g/mol. The second-order valence-electron chi connectivity index (χ2n) is 2.33. The molecule has 0 atom stereocenters. The smallest absolute Gasteiger partial charge is 0.268 e. The summed E-state index contributed by atoms with van der Waals surface area (Å²) >= 11 is 2.97. The third kappa shape index (κ3) is 1.82. The maximum absolute atomic E-state index is 12.4. The van der Waals surface area contributed by atoms with Gasteiger partial charge in [-0.05, 0) is 15.9 Å². The second-order valence-corrected chi connectivity index (χ2v) is 3.08. The van der Waals surface area contributed by atoms with Crippen LogP contribution in [0.4, 0.5) is 8.78 Å². The molecule has 0 bridgehead atoms. The zero-order chi connectivity index (χ0) is 10.7. The van der Waals surface area contributed by atoms with Crippen LogP contribution >= 0.6 is 15.9 Å². The highest BCUT2D eigenvalue weighted by Gasteiger charge is 2.20. The van der Waals surface area contributed by atoms with Crippen LogP contribution in [-0.2, 0) is 0 Å². The van der Waals surface area contributed by atoms with Gasteiger partial charge in [0.15, 0.2) is 0 Å². The number of hydrogen-bond donors (Lipinski definition) is 0. The molecule has 0 aliphatic rings. The molecule has 0 saturated heterocycles. The fourth-order valence-corrected chi connectivity index (χ4v) is 1.33. The molecule has 0 unspecified atom stereocenters. The molecule has 0 aliphatic carbocycles. The summed E-state index contributed by atoms with van der Waals surface area (Å²) in [7, 11) is 1.23. The lowest BCUT2D eigenvalue weighted by Crippen LogP contribution is -1.98. The molecule has 1 rings (SSSR count).